The Morgan fingerprint density at radius 1 is 1.70 bits per heavy atom. The van der Waals surface area contributed by atoms with Gasteiger partial charge in [-0.25, -0.2) is 0 Å². The van der Waals surface area contributed by atoms with Crippen LogP contribution in [0.1, 0.15) is 5.56 Å². The van der Waals surface area contributed by atoms with E-state index in [0.717, 1.165) is 5.56 Å². The van der Waals surface area contributed by atoms with Gasteiger partial charge in [0, 0.05) is 18.0 Å². The normalized spacial score (nSPS) is 11.9. The summed E-state index contributed by atoms with van der Waals surface area (Å²) in [6.45, 7) is 0. The average Bonchev–Trinajstić information content (AvgIpc) is 2.34. The maximum Gasteiger partial charge on any atom is 0.109 e. The molecule has 0 saturated carbocycles. The quantitative estimate of drug-likeness (QED) is 0.571. The third-order valence-electron chi connectivity index (χ3n) is 1.18. The zero-order valence-electron chi connectivity index (χ0n) is 5.26. The fraction of sp³-hybridized carbons (Fsp3) is 0. The van der Waals surface area contributed by atoms with E-state index in [1.807, 2.05) is 0 Å². The fourth-order valence-corrected chi connectivity index (χ4v) is 0.845. The van der Waals surface area contributed by atoms with Crippen LogP contribution in [0.2, 0.25) is 0 Å². The topological polar surface area (TPSA) is 67.8 Å². The van der Waals surface area contributed by atoms with E-state index < -0.39 is 0 Å². The molecule has 0 aliphatic carbocycles. The number of rotatable bonds is 1. The van der Waals surface area contributed by atoms with Gasteiger partial charge in [-0.05, 0) is 6.07 Å². The molecule has 0 spiro atoms. The van der Waals surface area contributed by atoms with Gasteiger partial charge in [-0.1, -0.05) is 11.6 Å². The molecule has 5 N–H and O–H groups in total. The lowest BCUT2D eigenvalue weighted by molar-refractivity contribution is 1.41. The number of nitrogens with one attached hydrogen (secondary N) is 1. The molecule has 1 rings (SSSR count). The van der Waals surface area contributed by atoms with Crippen molar-refractivity contribution in [2.45, 2.75) is 0 Å². The van der Waals surface area contributed by atoms with Gasteiger partial charge in [0.25, 0.3) is 0 Å². The predicted molar refractivity (Wildman–Crippen MR) is 43.2 cm³/mol. The van der Waals surface area contributed by atoms with Crippen LogP contribution in [0.4, 0.5) is 5.82 Å². The molecule has 3 nitrogen and oxygen atoms in total. The Morgan fingerprint density at radius 2 is 2.40 bits per heavy atom. The monoisotopic (exact) mass is 157 g/mol. The molecule has 54 valence electrons. The average molecular weight is 158 g/mol. The van der Waals surface area contributed by atoms with Crippen LogP contribution in [0.5, 0.6) is 0 Å². The number of halogens is 1. The van der Waals surface area contributed by atoms with Crippen LogP contribution in [0, 0.1) is 0 Å². The summed E-state index contributed by atoms with van der Waals surface area (Å²) in [5.74, 6) is 0.534. The zero-order valence-corrected chi connectivity index (χ0v) is 6.02. The van der Waals surface area contributed by atoms with Crippen LogP contribution >= 0.6 is 11.6 Å². The van der Waals surface area contributed by atoms with Gasteiger partial charge in [0.15, 0.2) is 0 Å². The van der Waals surface area contributed by atoms with Crippen molar-refractivity contribution in [3.05, 3.63) is 24.0 Å². The molecule has 0 radical (unpaired) electrons. The number of anilines is 1. The number of nitrogens with two attached hydrogens (primary N) is 2. The number of H-pyrrole nitrogens is 1. The Bertz CT molecular complexity index is 251. The summed E-state index contributed by atoms with van der Waals surface area (Å²) in [5.41, 5.74) is 11.4. The van der Waals surface area contributed by atoms with Crippen molar-refractivity contribution in [3.8, 4) is 0 Å². The minimum Gasteiger partial charge on any atom is -0.403 e. The van der Waals surface area contributed by atoms with Crippen LogP contribution in [-0.2, 0) is 0 Å². The summed E-state index contributed by atoms with van der Waals surface area (Å²) in [5, 5.41) is 0.457. The van der Waals surface area contributed by atoms with Crippen LogP contribution < -0.4 is 11.5 Å². The van der Waals surface area contributed by atoms with Crippen LogP contribution in [0.25, 0.3) is 5.03 Å². The standard InChI is InChI=1S/C6H8ClN3/c7-5(3-8)4-1-2-10-6(4)9/h1-3,10H,8-9H2/b5-3+. The SMILES string of the molecule is N/C=C(/Cl)c1cc[nH]c1N. The van der Waals surface area contributed by atoms with E-state index in [1.165, 1.54) is 6.20 Å². The molecule has 4 heteroatoms. The third kappa shape index (κ3) is 1.09. The van der Waals surface area contributed by atoms with Crippen molar-refractivity contribution >= 4 is 22.5 Å². The van der Waals surface area contributed by atoms with E-state index in [9.17, 15) is 0 Å². The fourth-order valence-electron chi connectivity index (χ4n) is 0.680. The van der Waals surface area contributed by atoms with E-state index in [-0.39, 0.29) is 0 Å². The van der Waals surface area contributed by atoms with Gasteiger partial charge in [0.05, 0.1) is 5.03 Å². The lowest BCUT2D eigenvalue weighted by atomic mass is 10.3. The van der Waals surface area contributed by atoms with Crippen molar-refractivity contribution < 1.29 is 0 Å². The van der Waals surface area contributed by atoms with Gasteiger partial charge in [0.2, 0.25) is 0 Å². The van der Waals surface area contributed by atoms with Gasteiger partial charge in [-0.15, -0.1) is 0 Å². The minimum atomic E-state index is 0.457. The van der Waals surface area contributed by atoms with Crippen molar-refractivity contribution in [2.75, 3.05) is 5.73 Å². The second-order valence-electron chi connectivity index (χ2n) is 1.82. The van der Waals surface area contributed by atoms with E-state index in [1.54, 1.807) is 12.3 Å². The number of aromatic nitrogens is 1. The summed E-state index contributed by atoms with van der Waals surface area (Å²) in [6.07, 6.45) is 3.01. The Morgan fingerprint density at radius 3 is 2.80 bits per heavy atom. The predicted octanol–water partition coefficient (Wildman–Crippen LogP) is 1.09. The summed E-state index contributed by atoms with van der Waals surface area (Å²) >= 11 is 5.67. The Hall–Kier alpha value is -1.09. The van der Waals surface area contributed by atoms with E-state index >= 15 is 0 Å². The molecule has 0 amide bonds. The molecule has 0 atom stereocenters. The summed E-state index contributed by atoms with van der Waals surface area (Å²) in [4.78, 5) is 2.78. The number of nitrogen functional groups attached to an aromatic ring is 1. The summed E-state index contributed by atoms with van der Waals surface area (Å²) < 4.78 is 0. The molecule has 1 heterocycles. The summed E-state index contributed by atoms with van der Waals surface area (Å²) in [6, 6.07) is 1.76. The van der Waals surface area contributed by atoms with Gasteiger partial charge in [-0.2, -0.15) is 0 Å². The highest BCUT2D eigenvalue weighted by atomic mass is 35.5. The molecule has 0 aromatic carbocycles. The number of hydrogen-bond acceptors (Lipinski definition) is 2. The van der Waals surface area contributed by atoms with Crippen LogP contribution in [0.15, 0.2) is 18.5 Å². The van der Waals surface area contributed by atoms with E-state index in [0.29, 0.717) is 10.9 Å². The van der Waals surface area contributed by atoms with Crippen molar-refractivity contribution in [1.29, 1.82) is 0 Å². The van der Waals surface area contributed by atoms with Gasteiger partial charge >= 0.3 is 0 Å². The molecular formula is C6H8ClN3. The van der Waals surface area contributed by atoms with Crippen molar-refractivity contribution in [1.82, 2.24) is 4.98 Å². The molecule has 1 aromatic rings. The molecule has 0 bridgehead atoms. The first-order chi connectivity index (χ1) is 4.75. The molecule has 10 heavy (non-hydrogen) atoms. The highest BCUT2D eigenvalue weighted by Crippen LogP contribution is 2.21. The highest BCUT2D eigenvalue weighted by molar-refractivity contribution is 6.49. The highest BCUT2D eigenvalue weighted by Gasteiger charge is 2.01. The van der Waals surface area contributed by atoms with Crippen molar-refractivity contribution in [3.63, 3.8) is 0 Å². The van der Waals surface area contributed by atoms with E-state index in [2.05, 4.69) is 4.98 Å². The molecular weight excluding hydrogens is 150 g/mol. The first-order valence-corrected chi connectivity index (χ1v) is 3.14. The van der Waals surface area contributed by atoms with Crippen LogP contribution in [-0.4, -0.2) is 4.98 Å². The van der Waals surface area contributed by atoms with E-state index in [4.69, 9.17) is 23.1 Å². The maximum atomic E-state index is 5.67. The number of aromatic amines is 1. The molecule has 0 saturated heterocycles. The molecule has 0 aliphatic rings. The third-order valence-corrected chi connectivity index (χ3v) is 1.51. The molecule has 1 aromatic heterocycles. The van der Waals surface area contributed by atoms with Gasteiger partial charge < -0.3 is 16.5 Å². The smallest absolute Gasteiger partial charge is 0.109 e. The lowest BCUT2D eigenvalue weighted by Gasteiger charge is -1.93. The van der Waals surface area contributed by atoms with Crippen LogP contribution in [0.3, 0.4) is 0 Å². The second kappa shape index (κ2) is 2.66. The summed E-state index contributed by atoms with van der Waals surface area (Å²) in [7, 11) is 0. The first kappa shape index (κ1) is 7.02. The van der Waals surface area contributed by atoms with Gasteiger partial charge in [-0.3, -0.25) is 0 Å². The first-order valence-electron chi connectivity index (χ1n) is 2.76. The molecule has 0 aliphatic heterocycles. The second-order valence-corrected chi connectivity index (χ2v) is 2.23. The lowest BCUT2D eigenvalue weighted by Crippen LogP contribution is -1.89. The largest absolute Gasteiger partial charge is 0.403 e. The van der Waals surface area contributed by atoms with Crippen molar-refractivity contribution in [2.24, 2.45) is 5.73 Å². The van der Waals surface area contributed by atoms with Gasteiger partial charge in [0.1, 0.15) is 5.82 Å². The Labute approximate surface area is 63.7 Å². The molecule has 0 fully saturated rings. The molecule has 0 unspecified atom stereocenters. The maximum absolute atomic E-state index is 5.67. The number of hydrogen-bond donors (Lipinski definition) is 3. The Balaban J connectivity index is 3.05. The minimum absolute atomic E-state index is 0.457. The Kier molecular flexibility index (Phi) is 1.87. The zero-order chi connectivity index (χ0) is 7.56.